The molecule has 43 heavy (non-hydrogen) atoms. The zero-order chi connectivity index (χ0) is 32.1. The van der Waals surface area contributed by atoms with Crippen molar-refractivity contribution in [1.29, 1.82) is 0 Å². The second-order valence-corrected chi connectivity index (χ2v) is 17.3. The number of unbranched alkanes of at least 4 members (excludes halogenated alkanes) is 26. The van der Waals surface area contributed by atoms with E-state index in [-0.39, 0.29) is 0 Å². The van der Waals surface area contributed by atoms with Gasteiger partial charge in [0, 0.05) is 0 Å². The third-order valence-corrected chi connectivity index (χ3v) is 9.68. The van der Waals surface area contributed by atoms with Gasteiger partial charge in [-0.1, -0.05) is 128 Å². The summed E-state index contributed by atoms with van der Waals surface area (Å²) in [5.41, 5.74) is 0. The van der Waals surface area contributed by atoms with Gasteiger partial charge in [-0.25, -0.2) is 0 Å². The molecule has 0 rings (SSSR count). The Morgan fingerprint density at radius 3 is 0.488 bits per heavy atom. The average Bonchev–Trinajstić information content (AvgIpc) is 2.91. The molecule has 0 unspecified atom stereocenters. The largest absolute Gasteiger partial charge is 0.331 e. The average molecular weight is 611 g/mol. The van der Waals surface area contributed by atoms with Crippen LogP contribution in [0.1, 0.15) is 180 Å². The monoisotopic (exact) mass is 611 g/mol. The first-order valence-electron chi connectivity index (χ1n) is 19.8. The Balaban J connectivity index is 3.31. The number of nitrogens with zero attached hydrogens (tertiary/aromatic N) is 3. The van der Waals surface area contributed by atoms with E-state index in [0.717, 1.165) is 8.97 Å². The highest BCUT2D eigenvalue weighted by Gasteiger charge is 2.13. The van der Waals surface area contributed by atoms with Gasteiger partial charge >= 0.3 is 0 Å². The molecule has 0 heterocycles. The van der Waals surface area contributed by atoms with Crippen molar-refractivity contribution in [3.63, 3.8) is 0 Å². The first kappa shape index (κ1) is 42.9. The highest BCUT2D eigenvalue weighted by Crippen LogP contribution is 2.16. The van der Waals surface area contributed by atoms with Gasteiger partial charge in [-0.05, 0) is 51.4 Å². The summed E-state index contributed by atoms with van der Waals surface area (Å²) in [6.45, 7) is 5.42. The van der Waals surface area contributed by atoms with Crippen molar-refractivity contribution in [3.05, 3.63) is 0 Å². The van der Waals surface area contributed by atoms with Gasteiger partial charge in [0.1, 0.15) is 0 Å². The van der Waals surface area contributed by atoms with Crippen LogP contribution in [0.3, 0.4) is 0 Å². The lowest BCUT2D eigenvalue weighted by molar-refractivity contribution is -0.890. The minimum atomic E-state index is 1.12. The summed E-state index contributed by atoms with van der Waals surface area (Å²) < 4.78 is 3.48. The van der Waals surface area contributed by atoms with Gasteiger partial charge in [-0.2, -0.15) is 0 Å². The van der Waals surface area contributed by atoms with Crippen LogP contribution in [-0.2, 0) is 0 Å². The fourth-order valence-electron chi connectivity index (χ4n) is 6.61. The standard InChI is InChI=1S/C40H88N3/c1-41(2,3)37-33-29-25-21-17-13-9-11-15-19-23-27-31-35-39-43(7,8)40-36-32-28-24-20-16-12-10-14-18-22-26-30-34-38-42(4,5)6/h9-40H2,1-8H3/q+3. The Morgan fingerprint density at radius 1 is 0.186 bits per heavy atom. The fraction of sp³-hybridized carbons (Fsp3) is 1.00. The molecule has 0 aliphatic carbocycles. The van der Waals surface area contributed by atoms with Crippen LogP contribution in [0, 0.1) is 0 Å². The highest BCUT2D eigenvalue weighted by molar-refractivity contribution is 4.52. The number of quaternary nitrogens is 3. The van der Waals surface area contributed by atoms with Gasteiger partial charge < -0.3 is 13.4 Å². The molecule has 0 radical (unpaired) electrons. The highest BCUT2D eigenvalue weighted by atomic mass is 15.3. The fourth-order valence-corrected chi connectivity index (χ4v) is 6.61. The second kappa shape index (κ2) is 28.1. The Hall–Kier alpha value is -0.120. The van der Waals surface area contributed by atoms with Crippen molar-refractivity contribution in [1.82, 2.24) is 0 Å². The minimum Gasteiger partial charge on any atom is -0.331 e. The van der Waals surface area contributed by atoms with Crippen molar-refractivity contribution in [2.45, 2.75) is 180 Å². The molecule has 0 aliphatic heterocycles. The Morgan fingerprint density at radius 2 is 0.326 bits per heavy atom. The van der Waals surface area contributed by atoms with E-state index >= 15 is 0 Å². The van der Waals surface area contributed by atoms with E-state index in [1.165, 1.54) is 210 Å². The predicted octanol–water partition coefficient (Wildman–Crippen LogP) is 11.4. The summed E-state index contributed by atoms with van der Waals surface area (Å²) >= 11 is 0. The van der Waals surface area contributed by atoms with Crippen LogP contribution >= 0.6 is 0 Å². The molecule has 0 amide bonds. The van der Waals surface area contributed by atoms with Crippen molar-refractivity contribution >= 4 is 0 Å². The smallest absolute Gasteiger partial charge is 0.0782 e. The van der Waals surface area contributed by atoms with E-state index in [1.54, 1.807) is 0 Å². The molecule has 0 aromatic rings. The summed E-state index contributed by atoms with van der Waals surface area (Å²) in [5, 5.41) is 0. The number of rotatable bonds is 34. The van der Waals surface area contributed by atoms with Crippen LogP contribution in [0.25, 0.3) is 0 Å². The molecule has 0 bridgehead atoms. The third kappa shape index (κ3) is 38.0. The molecule has 3 nitrogen and oxygen atoms in total. The minimum absolute atomic E-state index is 1.12. The summed E-state index contributed by atoms with van der Waals surface area (Å²) in [5.74, 6) is 0. The SMILES string of the molecule is C[N+](C)(C)CCCCCCCCCCCCCCCC[N+](C)(C)CCCCCCCCCCCCCCCC[N+](C)(C)C. The Kier molecular flexibility index (Phi) is 28.1. The summed E-state index contributed by atoms with van der Waals surface area (Å²) in [7, 11) is 18.8. The Labute approximate surface area is 275 Å². The zero-order valence-electron chi connectivity index (χ0n) is 32.0. The molecule has 0 spiro atoms. The van der Waals surface area contributed by atoms with Gasteiger partial charge in [0.25, 0.3) is 0 Å². The van der Waals surface area contributed by atoms with E-state index in [2.05, 4.69) is 56.4 Å². The van der Waals surface area contributed by atoms with Crippen LogP contribution in [0.2, 0.25) is 0 Å². The van der Waals surface area contributed by atoms with E-state index in [1.807, 2.05) is 0 Å². The molecule has 0 saturated heterocycles. The molecule has 260 valence electrons. The molecular formula is C40H88N3+3. The van der Waals surface area contributed by atoms with Crippen LogP contribution in [-0.4, -0.2) is 96.0 Å². The van der Waals surface area contributed by atoms with Gasteiger partial charge in [0.2, 0.25) is 0 Å². The van der Waals surface area contributed by atoms with E-state index in [9.17, 15) is 0 Å². The Bertz CT molecular complexity index is 509. The molecule has 0 saturated carbocycles. The lowest BCUT2D eigenvalue weighted by Crippen LogP contribution is -2.41. The molecule has 3 heteroatoms. The van der Waals surface area contributed by atoms with E-state index in [0.29, 0.717) is 0 Å². The van der Waals surface area contributed by atoms with Crippen molar-refractivity contribution in [2.75, 3.05) is 82.6 Å². The first-order valence-corrected chi connectivity index (χ1v) is 19.8. The van der Waals surface area contributed by atoms with Crippen LogP contribution in [0.4, 0.5) is 0 Å². The van der Waals surface area contributed by atoms with Gasteiger partial charge in [0.15, 0.2) is 0 Å². The van der Waals surface area contributed by atoms with Gasteiger partial charge in [-0.3, -0.25) is 0 Å². The molecule has 0 fully saturated rings. The summed E-state index contributed by atoms with van der Waals surface area (Å²) in [6, 6.07) is 0. The number of hydrogen-bond acceptors (Lipinski definition) is 0. The van der Waals surface area contributed by atoms with Crippen LogP contribution in [0.15, 0.2) is 0 Å². The summed E-state index contributed by atoms with van der Waals surface area (Å²) in [6.07, 6.45) is 40.8. The van der Waals surface area contributed by atoms with E-state index < -0.39 is 0 Å². The maximum atomic E-state index is 2.47. The lowest BCUT2D eigenvalue weighted by atomic mass is 10.0. The molecular weight excluding hydrogens is 522 g/mol. The van der Waals surface area contributed by atoms with Crippen molar-refractivity contribution < 1.29 is 13.4 Å². The molecule has 0 aliphatic rings. The molecule has 0 N–H and O–H groups in total. The molecule has 0 atom stereocenters. The lowest BCUT2D eigenvalue weighted by Gasteiger charge is -2.30. The first-order chi connectivity index (χ1) is 20.4. The van der Waals surface area contributed by atoms with Crippen molar-refractivity contribution in [3.8, 4) is 0 Å². The molecule has 0 aromatic heterocycles. The number of hydrogen-bond donors (Lipinski definition) is 0. The predicted molar refractivity (Wildman–Crippen MR) is 197 cm³/mol. The van der Waals surface area contributed by atoms with Crippen molar-refractivity contribution in [2.24, 2.45) is 0 Å². The van der Waals surface area contributed by atoms with Gasteiger partial charge in [0.05, 0.1) is 82.6 Å². The maximum absolute atomic E-state index is 2.47. The third-order valence-electron chi connectivity index (χ3n) is 9.68. The molecule has 0 aromatic carbocycles. The van der Waals surface area contributed by atoms with Crippen LogP contribution < -0.4 is 0 Å². The van der Waals surface area contributed by atoms with E-state index in [4.69, 9.17) is 0 Å². The van der Waals surface area contributed by atoms with Crippen LogP contribution in [0.5, 0.6) is 0 Å². The quantitative estimate of drug-likeness (QED) is 0.0502. The maximum Gasteiger partial charge on any atom is 0.0782 e. The second-order valence-electron chi connectivity index (χ2n) is 17.3. The zero-order valence-corrected chi connectivity index (χ0v) is 32.0. The normalized spacial score (nSPS) is 12.8. The topological polar surface area (TPSA) is 0 Å². The summed E-state index contributed by atoms with van der Waals surface area (Å²) in [4.78, 5) is 0. The van der Waals surface area contributed by atoms with Gasteiger partial charge in [-0.15, -0.1) is 0 Å².